The van der Waals surface area contributed by atoms with Crippen LogP contribution in [0.5, 0.6) is 0 Å². The van der Waals surface area contributed by atoms with Gasteiger partial charge in [0.2, 0.25) is 11.8 Å². The molecule has 2 heterocycles. The fraction of sp³-hybridized carbons (Fsp3) is 0.353. The number of guanidine groups is 2. The molecule has 3 aromatic rings. The Balaban J connectivity index is 1.10. The first-order valence-corrected chi connectivity index (χ1v) is 15.3. The predicted molar refractivity (Wildman–Crippen MR) is 175 cm³/mol. The van der Waals surface area contributed by atoms with Crippen molar-refractivity contribution in [2.75, 3.05) is 49.9 Å². The topological polar surface area (TPSA) is 119 Å². The first-order chi connectivity index (χ1) is 21.3. The van der Waals surface area contributed by atoms with Crippen LogP contribution in [0.2, 0.25) is 0 Å². The van der Waals surface area contributed by atoms with Crippen LogP contribution in [-0.2, 0) is 22.4 Å². The van der Waals surface area contributed by atoms with Crippen LogP contribution in [0.25, 0.3) is 0 Å². The van der Waals surface area contributed by atoms with Crippen LogP contribution in [0.4, 0.5) is 11.4 Å². The Morgan fingerprint density at radius 2 is 1.00 bits per heavy atom. The second-order valence-electron chi connectivity index (χ2n) is 11.3. The molecule has 44 heavy (non-hydrogen) atoms. The summed E-state index contributed by atoms with van der Waals surface area (Å²) in [5.41, 5.74) is 3.68. The van der Waals surface area contributed by atoms with Crippen LogP contribution in [0.15, 0.2) is 84.9 Å². The van der Waals surface area contributed by atoms with Crippen molar-refractivity contribution in [2.24, 2.45) is 0 Å². The Labute approximate surface area is 259 Å². The van der Waals surface area contributed by atoms with Gasteiger partial charge in [-0.15, -0.1) is 0 Å². The summed E-state index contributed by atoms with van der Waals surface area (Å²) in [6, 6.07) is 27.8. The average Bonchev–Trinajstić information content (AvgIpc) is 3.47. The molecule has 0 aromatic heterocycles. The highest BCUT2D eigenvalue weighted by molar-refractivity contribution is 5.97. The molecular formula is C34H42N8O2. The van der Waals surface area contributed by atoms with E-state index in [2.05, 4.69) is 34.9 Å². The maximum absolute atomic E-state index is 12.9. The van der Waals surface area contributed by atoms with Crippen molar-refractivity contribution in [3.05, 3.63) is 96.1 Å². The minimum absolute atomic E-state index is 0.0982. The summed E-state index contributed by atoms with van der Waals surface area (Å²) in [7, 11) is 0. The molecule has 230 valence electrons. The number of carbonyl (C=O) groups is 2. The van der Waals surface area contributed by atoms with Crippen molar-refractivity contribution < 1.29 is 9.59 Å². The van der Waals surface area contributed by atoms with E-state index in [1.807, 2.05) is 69.8 Å². The van der Waals surface area contributed by atoms with Gasteiger partial charge in [-0.1, -0.05) is 60.7 Å². The first-order valence-electron chi connectivity index (χ1n) is 15.3. The van der Waals surface area contributed by atoms with Crippen molar-refractivity contribution in [2.45, 2.75) is 38.8 Å². The van der Waals surface area contributed by atoms with E-state index in [1.165, 1.54) is 11.1 Å². The normalized spacial score (nSPS) is 18.2. The highest BCUT2D eigenvalue weighted by Crippen LogP contribution is 2.21. The number of nitrogens with one attached hydrogen (secondary N) is 4. The van der Waals surface area contributed by atoms with E-state index < -0.39 is 0 Å². The predicted octanol–water partition coefficient (Wildman–Crippen LogP) is 3.93. The lowest BCUT2D eigenvalue weighted by atomic mass is 10.1. The Kier molecular flexibility index (Phi) is 9.79. The SMILES string of the molecule is CCN1C(=N)N(CC(=O)Nc2ccc(NC(=O)CN3C[C@H](Cc4ccccc4)N(CC)C3=N)cc2)C[C@@H]1Cc1ccccc1. The molecule has 0 saturated carbocycles. The number of carbonyl (C=O) groups excluding carboxylic acids is 2. The lowest BCUT2D eigenvalue weighted by molar-refractivity contribution is -0.117. The van der Waals surface area contributed by atoms with Gasteiger partial charge >= 0.3 is 0 Å². The second-order valence-corrected chi connectivity index (χ2v) is 11.3. The van der Waals surface area contributed by atoms with Gasteiger partial charge in [-0.3, -0.25) is 20.4 Å². The Morgan fingerprint density at radius 3 is 1.34 bits per heavy atom. The molecule has 0 unspecified atom stereocenters. The van der Waals surface area contributed by atoms with Gasteiger partial charge in [0.15, 0.2) is 11.9 Å². The van der Waals surface area contributed by atoms with Gasteiger partial charge < -0.3 is 30.2 Å². The van der Waals surface area contributed by atoms with Crippen LogP contribution in [-0.4, -0.2) is 94.7 Å². The fourth-order valence-corrected chi connectivity index (χ4v) is 6.19. The van der Waals surface area contributed by atoms with Gasteiger partial charge in [-0.25, -0.2) is 0 Å². The van der Waals surface area contributed by atoms with Crippen LogP contribution in [0.1, 0.15) is 25.0 Å². The molecule has 0 bridgehead atoms. The van der Waals surface area contributed by atoms with Gasteiger partial charge in [0, 0.05) is 37.6 Å². The van der Waals surface area contributed by atoms with Crippen LogP contribution >= 0.6 is 0 Å². The average molecular weight is 595 g/mol. The molecule has 3 aromatic carbocycles. The number of amides is 2. The Morgan fingerprint density at radius 1 is 0.636 bits per heavy atom. The molecule has 0 aliphatic carbocycles. The molecule has 2 saturated heterocycles. The molecule has 0 spiro atoms. The van der Waals surface area contributed by atoms with E-state index in [-0.39, 0.29) is 37.0 Å². The number of likely N-dealkylation sites (N-methyl/N-ethyl adjacent to an activating group) is 2. The smallest absolute Gasteiger partial charge is 0.244 e. The van der Waals surface area contributed by atoms with Crippen molar-refractivity contribution in [1.82, 2.24) is 19.6 Å². The van der Waals surface area contributed by atoms with Gasteiger partial charge in [0.1, 0.15) is 13.1 Å². The molecule has 10 nitrogen and oxygen atoms in total. The van der Waals surface area contributed by atoms with Crippen molar-refractivity contribution in [1.29, 1.82) is 10.8 Å². The number of hydrogen-bond acceptors (Lipinski definition) is 4. The summed E-state index contributed by atoms with van der Waals surface area (Å²) < 4.78 is 0. The molecule has 0 radical (unpaired) electrons. The summed E-state index contributed by atoms with van der Waals surface area (Å²) in [6.07, 6.45) is 1.65. The lowest BCUT2D eigenvalue weighted by Crippen LogP contribution is -2.38. The summed E-state index contributed by atoms with van der Waals surface area (Å²) >= 11 is 0. The van der Waals surface area contributed by atoms with Gasteiger partial charge in [-0.05, 0) is 62.1 Å². The molecule has 2 aliphatic heterocycles. The van der Waals surface area contributed by atoms with Crippen LogP contribution in [0, 0.1) is 10.8 Å². The summed E-state index contributed by atoms with van der Waals surface area (Å²) in [4.78, 5) is 33.5. The number of benzene rings is 3. The fourth-order valence-electron chi connectivity index (χ4n) is 6.19. The van der Waals surface area contributed by atoms with Crippen molar-refractivity contribution in [3.63, 3.8) is 0 Å². The Bertz CT molecular complexity index is 1340. The second kappa shape index (κ2) is 14.1. The zero-order valence-electron chi connectivity index (χ0n) is 25.5. The quantitative estimate of drug-likeness (QED) is 0.252. The number of anilines is 2. The highest BCUT2D eigenvalue weighted by Gasteiger charge is 2.35. The van der Waals surface area contributed by atoms with E-state index in [0.717, 1.165) is 12.8 Å². The Hall–Kier alpha value is -4.86. The third-order valence-corrected chi connectivity index (χ3v) is 8.32. The van der Waals surface area contributed by atoms with Crippen LogP contribution < -0.4 is 10.6 Å². The zero-order valence-corrected chi connectivity index (χ0v) is 25.5. The van der Waals surface area contributed by atoms with E-state index in [4.69, 9.17) is 10.8 Å². The van der Waals surface area contributed by atoms with E-state index >= 15 is 0 Å². The molecule has 2 atom stereocenters. The molecule has 5 rings (SSSR count). The van der Waals surface area contributed by atoms with Gasteiger partial charge in [0.25, 0.3) is 0 Å². The minimum Gasteiger partial charge on any atom is -0.338 e. The molecule has 2 fully saturated rings. The first kappa shape index (κ1) is 30.6. The molecule has 10 heteroatoms. The zero-order chi connectivity index (χ0) is 31.1. The monoisotopic (exact) mass is 594 g/mol. The molecule has 2 amide bonds. The molecule has 4 N–H and O–H groups in total. The molecule has 2 aliphatic rings. The highest BCUT2D eigenvalue weighted by atomic mass is 16.2. The summed E-state index contributed by atoms with van der Waals surface area (Å²) in [6.45, 7) is 6.94. The third-order valence-electron chi connectivity index (χ3n) is 8.32. The van der Waals surface area contributed by atoms with Crippen molar-refractivity contribution >= 4 is 35.1 Å². The van der Waals surface area contributed by atoms with Crippen LogP contribution in [0.3, 0.4) is 0 Å². The van der Waals surface area contributed by atoms with E-state index in [9.17, 15) is 9.59 Å². The number of nitrogens with zero attached hydrogens (tertiary/aromatic N) is 4. The summed E-state index contributed by atoms with van der Waals surface area (Å²) in [5, 5.41) is 23.1. The van der Waals surface area contributed by atoms with E-state index in [0.29, 0.717) is 49.5 Å². The maximum Gasteiger partial charge on any atom is 0.244 e. The third kappa shape index (κ3) is 7.37. The maximum atomic E-state index is 12.9. The minimum atomic E-state index is -0.193. The number of hydrogen-bond donors (Lipinski definition) is 4. The lowest BCUT2D eigenvalue weighted by Gasteiger charge is -2.23. The van der Waals surface area contributed by atoms with E-state index in [1.54, 1.807) is 24.3 Å². The standard InChI is InChI=1S/C34H42N8O2/c1-3-41-29(19-25-11-7-5-8-12-25)21-39(33(41)35)23-31(43)37-27-15-17-28(18-16-27)38-32(44)24-40-22-30(42(4-2)34(40)36)20-26-13-9-6-10-14-26/h5-18,29-30,35-36H,3-4,19-24H2,1-2H3,(H,37,43)(H,38,44)/t29-,30-/m0/s1. The van der Waals surface area contributed by atoms with Gasteiger partial charge in [0.05, 0.1) is 12.1 Å². The van der Waals surface area contributed by atoms with Gasteiger partial charge in [-0.2, -0.15) is 0 Å². The number of rotatable bonds is 12. The summed E-state index contributed by atoms with van der Waals surface area (Å²) in [5.74, 6) is 0.365. The largest absolute Gasteiger partial charge is 0.338 e. The molecular weight excluding hydrogens is 552 g/mol. The van der Waals surface area contributed by atoms with Crippen molar-refractivity contribution in [3.8, 4) is 0 Å².